The maximum atomic E-state index is 14.8. The first-order chi connectivity index (χ1) is 14.4. The van der Waals surface area contributed by atoms with Crippen molar-refractivity contribution >= 4 is 5.82 Å². The number of phenolic OH excluding ortho intramolecular Hbond substituents is 1. The van der Waals surface area contributed by atoms with E-state index in [0.717, 1.165) is 30.5 Å². The lowest BCUT2D eigenvalue weighted by Crippen LogP contribution is -2.45. The van der Waals surface area contributed by atoms with Gasteiger partial charge in [0.05, 0.1) is 17.8 Å². The summed E-state index contributed by atoms with van der Waals surface area (Å²) in [6, 6.07) is 2.84. The van der Waals surface area contributed by atoms with Crippen molar-refractivity contribution in [2.75, 3.05) is 25.5 Å². The molecule has 4 atom stereocenters. The van der Waals surface area contributed by atoms with E-state index in [0.29, 0.717) is 36.5 Å². The topological polar surface area (TPSA) is 70.5 Å². The highest BCUT2D eigenvalue weighted by Gasteiger charge is 2.39. The summed E-state index contributed by atoms with van der Waals surface area (Å²) in [5.74, 6) is -0.0635. The summed E-state index contributed by atoms with van der Waals surface area (Å²) < 4.78 is 35.0. The number of nitrogens with zero attached hydrogens (tertiary/aromatic N) is 3. The van der Waals surface area contributed by atoms with E-state index in [9.17, 15) is 13.9 Å². The molecule has 1 aromatic heterocycles. The number of likely N-dealkylation sites (tertiary alicyclic amines) is 1. The standard InChI is InChI=1S/C22H26F2N4O2/c1-11-5-16(24)20(17(29)6-11)21-19-15(8-14-3-4-18(19)30-14)22(27-26-21)25-13-7-12(23)9-28(2)10-13/h5-6,12-14,18,29H,3-4,7-10H2,1-2H3,(H,25,27)/t12-,13-,14?,18?/m1/s1. The molecule has 8 heteroatoms. The minimum Gasteiger partial charge on any atom is -0.507 e. The Morgan fingerprint density at radius 2 is 2.07 bits per heavy atom. The fourth-order valence-corrected chi connectivity index (χ4v) is 5.14. The second kappa shape index (κ2) is 7.42. The predicted molar refractivity (Wildman–Crippen MR) is 109 cm³/mol. The van der Waals surface area contributed by atoms with Gasteiger partial charge >= 0.3 is 0 Å². The number of halogens is 2. The van der Waals surface area contributed by atoms with Crippen LogP contribution in [0.1, 0.15) is 42.1 Å². The third-order valence-electron chi connectivity index (χ3n) is 6.35. The lowest BCUT2D eigenvalue weighted by Gasteiger charge is -2.34. The number of ether oxygens (including phenoxy) is 1. The number of aryl methyl sites for hydroxylation is 1. The molecule has 3 aliphatic heterocycles. The van der Waals surface area contributed by atoms with Gasteiger partial charge in [0.2, 0.25) is 0 Å². The molecule has 3 aliphatic rings. The number of benzene rings is 1. The monoisotopic (exact) mass is 416 g/mol. The average molecular weight is 416 g/mol. The highest BCUT2D eigenvalue weighted by Crippen LogP contribution is 2.48. The number of aromatic nitrogens is 2. The molecule has 2 aromatic rings. The number of aromatic hydroxyl groups is 1. The van der Waals surface area contributed by atoms with Gasteiger partial charge in [0.1, 0.15) is 23.4 Å². The van der Waals surface area contributed by atoms with Gasteiger partial charge < -0.3 is 20.1 Å². The molecule has 30 heavy (non-hydrogen) atoms. The Kier molecular flexibility index (Phi) is 4.86. The molecule has 2 N–H and O–H groups in total. The molecule has 0 saturated carbocycles. The number of alkyl halides is 1. The van der Waals surface area contributed by atoms with Crippen LogP contribution in [0, 0.1) is 12.7 Å². The van der Waals surface area contributed by atoms with Crippen LogP contribution >= 0.6 is 0 Å². The van der Waals surface area contributed by atoms with Crippen LogP contribution in [0.3, 0.4) is 0 Å². The van der Waals surface area contributed by atoms with E-state index in [4.69, 9.17) is 4.74 Å². The van der Waals surface area contributed by atoms with E-state index in [1.54, 1.807) is 6.92 Å². The molecule has 4 heterocycles. The van der Waals surface area contributed by atoms with Gasteiger partial charge in [0.15, 0.2) is 5.82 Å². The molecule has 6 nitrogen and oxygen atoms in total. The summed E-state index contributed by atoms with van der Waals surface area (Å²) in [6.07, 6.45) is 1.81. The van der Waals surface area contributed by atoms with Gasteiger partial charge in [0.25, 0.3) is 0 Å². The molecule has 1 aromatic carbocycles. The van der Waals surface area contributed by atoms with Crippen molar-refractivity contribution in [2.45, 2.75) is 57.0 Å². The SMILES string of the molecule is Cc1cc(O)c(-c2nnc(N[C@@H]3C[C@@H](F)CN(C)C3)c3c2C2CCC(C3)O2)c(F)c1. The Hall–Kier alpha value is -2.32. The van der Waals surface area contributed by atoms with Crippen molar-refractivity contribution in [1.82, 2.24) is 15.1 Å². The Labute approximate surface area is 174 Å². The van der Waals surface area contributed by atoms with Crippen LogP contribution in [0.5, 0.6) is 5.75 Å². The van der Waals surface area contributed by atoms with E-state index in [2.05, 4.69) is 15.5 Å². The first-order valence-corrected chi connectivity index (χ1v) is 10.5. The molecule has 0 aliphatic carbocycles. The zero-order valence-corrected chi connectivity index (χ0v) is 17.2. The third-order valence-corrected chi connectivity index (χ3v) is 6.35. The van der Waals surface area contributed by atoms with E-state index in [-0.39, 0.29) is 29.6 Å². The lowest BCUT2D eigenvalue weighted by atomic mass is 9.93. The van der Waals surface area contributed by atoms with Crippen molar-refractivity contribution in [3.63, 3.8) is 0 Å². The number of anilines is 1. The molecule has 5 rings (SSSR count). The van der Waals surface area contributed by atoms with Gasteiger partial charge in [-0.25, -0.2) is 8.78 Å². The molecular weight excluding hydrogens is 390 g/mol. The van der Waals surface area contributed by atoms with Gasteiger partial charge in [-0.3, -0.25) is 0 Å². The van der Waals surface area contributed by atoms with Crippen molar-refractivity contribution < 1.29 is 18.6 Å². The van der Waals surface area contributed by atoms with Crippen molar-refractivity contribution in [2.24, 2.45) is 0 Å². The van der Waals surface area contributed by atoms with E-state index in [1.807, 2.05) is 11.9 Å². The van der Waals surface area contributed by atoms with E-state index < -0.39 is 12.0 Å². The van der Waals surface area contributed by atoms with E-state index in [1.165, 1.54) is 12.1 Å². The zero-order valence-electron chi connectivity index (χ0n) is 17.2. The van der Waals surface area contributed by atoms with Gasteiger partial charge in [-0.2, -0.15) is 0 Å². The number of hydrogen-bond acceptors (Lipinski definition) is 6. The molecule has 160 valence electrons. The van der Waals surface area contributed by atoms with Crippen molar-refractivity contribution in [3.8, 4) is 17.0 Å². The first kappa shape index (κ1) is 19.6. The minimum atomic E-state index is -0.887. The Balaban J connectivity index is 1.59. The highest BCUT2D eigenvalue weighted by molar-refractivity contribution is 5.74. The maximum absolute atomic E-state index is 14.8. The Morgan fingerprint density at radius 3 is 2.83 bits per heavy atom. The number of piperidine rings is 1. The van der Waals surface area contributed by atoms with Crippen LogP contribution in [0.15, 0.2) is 12.1 Å². The summed E-state index contributed by atoms with van der Waals surface area (Å²) in [5, 5.41) is 22.6. The van der Waals surface area contributed by atoms with Crippen LogP contribution in [0.4, 0.5) is 14.6 Å². The lowest BCUT2D eigenvalue weighted by molar-refractivity contribution is 0.0325. The van der Waals surface area contributed by atoms with Crippen LogP contribution in [0.2, 0.25) is 0 Å². The molecule has 2 bridgehead atoms. The number of fused-ring (bicyclic) bond motifs is 4. The molecule has 2 fully saturated rings. The molecule has 0 spiro atoms. The number of hydrogen-bond donors (Lipinski definition) is 2. The van der Waals surface area contributed by atoms with Crippen LogP contribution in [-0.4, -0.2) is 58.7 Å². The molecule has 2 saturated heterocycles. The number of phenols is 1. The van der Waals surface area contributed by atoms with E-state index >= 15 is 0 Å². The van der Waals surface area contributed by atoms with Crippen molar-refractivity contribution in [1.29, 1.82) is 0 Å². The molecule has 0 radical (unpaired) electrons. The Morgan fingerprint density at radius 1 is 1.23 bits per heavy atom. The van der Waals surface area contributed by atoms with Gasteiger partial charge in [-0.05, 0) is 44.5 Å². The van der Waals surface area contributed by atoms with Gasteiger partial charge in [-0.1, -0.05) is 0 Å². The number of rotatable bonds is 3. The van der Waals surface area contributed by atoms with Crippen molar-refractivity contribution in [3.05, 3.63) is 34.6 Å². The summed E-state index contributed by atoms with van der Waals surface area (Å²) in [5.41, 5.74) is 2.77. The average Bonchev–Trinajstić information content (AvgIpc) is 3.03. The van der Waals surface area contributed by atoms with Crippen LogP contribution in [0.25, 0.3) is 11.3 Å². The van der Waals surface area contributed by atoms with Gasteiger partial charge in [0, 0.05) is 43.1 Å². The smallest absolute Gasteiger partial charge is 0.152 e. The number of likely N-dealkylation sites (N-methyl/N-ethyl adjacent to an activating group) is 1. The van der Waals surface area contributed by atoms with Crippen LogP contribution < -0.4 is 5.32 Å². The molecule has 2 unspecified atom stereocenters. The number of nitrogens with one attached hydrogen (secondary N) is 1. The fraction of sp³-hybridized carbons (Fsp3) is 0.545. The second-order valence-corrected chi connectivity index (χ2v) is 8.85. The summed E-state index contributed by atoms with van der Waals surface area (Å²) >= 11 is 0. The predicted octanol–water partition coefficient (Wildman–Crippen LogP) is 3.53. The highest BCUT2D eigenvalue weighted by atomic mass is 19.1. The largest absolute Gasteiger partial charge is 0.507 e. The fourth-order valence-electron chi connectivity index (χ4n) is 5.14. The maximum Gasteiger partial charge on any atom is 0.152 e. The quantitative estimate of drug-likeness (QED) is 0.798. The zero-order chi connectivity index (χ0) is 21.0. The molecular formula is C22H26F2N4O2. The minimum absolute atomic E-state index is 0.0612. The Bertz CT molecular complexity index is 953. The summed E-state index contributed by atoms with van der Waals surface area (Å²) in [7, 11) is 1.90. The first-order valence-electron chi connectivity index (χ1n) is 10.5. The summed E-state index contributed by atoms with van der Waals surface area (Å²) in [4.78, 5) is 1.96. The normalized spacial score (nSPS) is 28.4. The van der Waals surface area contributed by atoms with Gasteiger partial charge in [-0.15, -0.1) is 10.2 Å². The molecule has 0 amide bonds. The summed E-state index contributed by atoms with van der Waals surface area (Å²) in [6.45, 7) is 2.88. The van der Waals surface area contributed by atoms with Crippen LogP contribution in [-0.2, 0) is 11.2 Å². The third kappa shape index (κ3) is 3.41. The second-order valence-electron chi connectivity index (χ2n) is 8.85.